The average molecular weight is 343 g/mol. The molecular formula is C13H19N4O7. The molecule has 0 amide bonds. The lowest BCUT2D eigenvalue weighted by molar-refractivity contribution is -0.0806. The van der Waals surface area contributed by atoms with Crippen LogP contribution in [0.3, 0.4) is 0 Å². The number of aliphatic hydroxyl groups is 4. The van der Waals surface area contributed by atoms with Gasteiger partial charge in [-0.25, -0.2) is 9.59 Å². The number of hydrogen-bond acceptors (Lipinski definition) is 7. The normalized spacial score (nSPS) is 15.5. The molecule has 6 N–H and O–H groups in total. The Morgan fingerprint density at radius 2 is 1.71 bits per heavy atom. The Kier molecular flexibility index (Phi) is 5.39. The highest BCUT2D eigenvalue weighted by atomic mass is 16.4. The third-order valence-corrected chi connectivity index (χ3v) is 3.63. The smallest absolute Gasteiger partial charge is 0.330 e. The van der Waals surface area contributed by atoms with E-state index in [-0.39, 0.29) is 17.7 Å². The molecule has 11 heteroatoms. The molecule has 1 radical (unpaired) electrons. The van der Waals surface area contributed by atoms with Crippen LogP contribution in [0.4, 0.5) is 0 Å². The summed E-state index contributed by atoms with van der Waals surface area (Å²) in [5.74, 6) is 0. The number of rotatable bonds is 7. The number of fused-ring (bicyclic) bond motifs is 1. The molecule has 2 rings (SSSR count). The Balaban J connectivity index is 2.58. The van der Waals surface area contributed by atoms with Crippen LogP contribution < -0.4 is 16.9 Å². The summed E-state index contributed by atoms with van der Waals surface area (Å²) < 4.78 is 2.01. The summed E-state index contributed by atoms with van der Waals surface area (Å²) >= 11 is 0. The highest BCUT2D eigenvalue weighted by Gasteiger charge is 2.27. The third-order valence-electron chi connectivity index (χ3n) is 3.63. The van der Waals surface area contributed by atoms with E-state index >= 15 is 0 Å². The maximum absolute atomic E-state index is 12.5. The molecule has 11 nitrogen and oxygen atoms in total. The fourth-order valence-corrected chi connectivity index (χ4v) is 2.44. The largest absolute Gasteiger partial charge is 0.394 e. The number of hydrogen-bond donors (Lipinski definition) is 6. The van der Waals surface area contributed by atoms with Crippen LogP contribution in [0.15, 0.2) is 14.4 Å². The van der Waals surface area contributed by atoms with Crippen molar-refractivity contribution in [1.29, 1.82) is 0 Å². The third kappa shape index (κ3) is 3.19. The van der Waals surface area contributed by atoms with Crippen molar-refractivity contribution in [2.75, 3.05) is 6.61 Å². The van der Waals surface area contributed by atoms with Gasteiger partial charge in [0.25, 0.3) is 5.56 Å². The minimum absolute atomic E-state index is 0.0901. The second-order valence-corrected chi connectivity index (χ2v) is 5.31. The zero-order valence-corrected chi connectivity index (χ0v) is 12.7. The number of imidazole rings is 1. The van der Waals surface area contributed by atoms with Crippen molar-refractivity contribution < 1.29 is 20.4 Å². The summed E-state index contributed by atoms with van der Waals surface area (Å²) in [4.78, 5) is 40.2. The molecule has 2 aromatic rings. The number of H-pyrrole nitrogens is 2. The van der Waals surface area contributed by atoms with E-state index in [0.29, 0.717) is 6.42 Å². The maximum Gasteiger partial charge on any atom is 0.330 e. The van der Waals surface area contributed by atoms with Gasteiger partial charge in [-0.3, -0.25) is 23.9 Å². The van der Waals surface area contributed by atoms with Gasteiger partial charge in [-0.1, -0.05) is 6.92 Å². The molecule has 0 spiro atoms. The van der Waals surface area contributed by atoms with E-state index in [2.05, 4.69) is 11.9 Å². The van der Waals surface area contributed by atoms with E-state index in [1.54, 1.807) is 0 Å². The van der Waals surface area contributed by atoms with Gasteiger partial charge >= 0.3 is 11.4 Å². The first kappa shape index (κ1) is 18.1. The maximum atomic E-state index is 12.5. The van der Waals surface area contributed by atoms with Gasteiger partial charge in [0.15, 0.2) is 5.52 Å². The van der Waals surface area contributed by atoms with Gasteiger partial charge in [0, 0.05) is 6.54 Å². The SMILES string of the molecule is [CH2]CCn1c(=O)n(CC(O)C(O)C(O)CO)c2[nH]c(=O)[nH]c(=O)c21. The fraction of sp³-hybridized carbons (Fsp3) is 0.538. The zero-order chi connectivity index (χ0) is 18.0. The van der Waals surface area contributed by atoms with Crippen LogP contribution in [0.5, 0.6) is 0 Å². The predicted molar refractivity (Wildman–Crippen MR) is 82.5 cm³/mol. The van der Waals surface area contributed by atoms with Crippen molar-refractivity contribution in [3.05, 3.63) is 38.2 Å². The first-order valence-electron chi connectivity index (χ1n) is 7.21. The molecule has 3 atom stereocenters. The lowest BCUT2D eigenvalue weighted by Gasteiger charge is -2.21. The molecule has 2 aromatic heterocycles. The number of nitrogens with zero attached hydrogens (tertiary/aromatic N) is 2. The van der Waals surface area contributed by atoms with Crippen molar-refractivity contribution >= 4 is 11.2 Å². The first-order chi connectivity index (χ1) is 11.3. The number of aryl methyl sites for hydroxylation is 1. The summed E-state index contributed by atoms with van der Waals surface area (Å²) in [7, 11) is 0. The number of aromatic amines is 2. The molecular weight excluding hydrogens is 324 g/mol. The van der Waals surface area contributed by atoms with Crippen molar-refractivity contribution in [3.63, 3.8) is 0 Å². The van der Waals surface area contributed by atoms with Crippen LogP contribution in [0.25, 0.3) is 11.2 Å². The van der Waals surface area contributed by atoms with Crippen molar-refractivity contribution in [1.82, 2.24) is 19.1 Å². The van der Waals surface area contributed by atoms with E-state index in [1.807, 2.05) is 4.98 Å². The second kappa shape index (κ2) is 7.13. The van der Waals surface area contributed by atoms with Crippen LogP contribution >= 0.6 is 0 Å². The van der Waals surface area contributed by atoms with Crippen LogP contribution in [0.2, 0.25) is 0 Å². The summed E-state index contributed by atoms with van der Waals surface area (Å²) in [5, 5.41) is 37.8. The molecule has 133 valence electrons. The van der Waals surface area contributed by atoms with E-state index in [1.165, 1.54) is 0 Å². The molecule has 0 saturated carbocycles. The van der Waals surface area contributed by atoms with Crippen molar-refractivity contribution in [3.8, 4) is 0 Å². The summed E-state index contributed by atoms with van der Waals surface area (Å²) in [6, 6.07) is 0. The van der Waals surface area contributed by atoms with Gasteiger partial charge in [-0.15, -0.1) is 0 Å². The van der Waals surface area contributed by atoms with Gasteiger partial charge in [0.1, 0.15) is 24.0 Å². The molecule has 0 saturated heterocycles. The predicted octanol–water partition coefficient (Wildman–Crippen LogP) is -3.52. The Labute approximate surface area is 134 Å². The molecule has 0 aromatic carbocycles. The van der Waals surface area contributed by atoms with Gasteiger partial charge in [-0.2, -0.15) is 0 Å². The van der Waals surface area contributed by atoms with E-state index in [4.69, 9.17) is 5.11 Å². The molecule has 0 aliphatic rings. The van der Waals surface area contributed by atoms with Gasteiger partial charge in [0.05, 0.1) is 13.2 Å². The molecule has 2 heterocycles. The lowest BCUT2D eigenvalue weighted by atomic mass is 10.1. The quantitative estimate of drug-likeness (QED) is 0.302. The Morgan fingerprint density at radius 3 is 2.29 bits per heavy atom. The molecule has 0 fully saturated rings. The van der Waals surface area contributed by atoms with Crippen LogP contribution in [-0.2, 0) is 13.1 Å². The van der Waals surface area contributed by atoms with E-state index in [0.717, 1.165) is 9.13 Å². The second-order valence-electron chi connectivity index (χ2n) is 5.31. The van der Waals surface area contributed by atoms with Crippen molar-refractivity contribution in [2.45, 2.75) is 37.8 Å². The lowest BCUT2D eigenvalue weighted by Crippen LogP contribution is -2.43. The van der Waals surface area contributed by atoms with Crippen LogP contribution in [0, 0.1) is 6.92 Å². The molecule has 0 aliphatic heterocycles. The molecule has 3 unspecified atom stereocenters. The van der Waals surface area contributed by atoms with Crippen LogP contribution in [0.1, 0.15) is 6.42 Å². The zero-order valence-electron chi connectivity index (χ0n) is 12.7. The minimum Gasteiger partial charge on any atom is -0.394 e. The monoisotopic (exact) mass is 343 g/mol. The number of aromatic nitrogens is 4. The fourth-order valence-electron chi connectivity index (χ4n) is 2.44. The standard InChI is InChI=1S/C13H19N4O7/c1-2-3-16-8-10(14-12(23)15-11(8)22)17(13(16)24)4-6(19)9(21)7(20)5-18/h6-7,9,18-21H,1-5H2,(H2,14,15,22,23). The highest BCUT2D eigenvalue weighted by Crippen LogP contribution is 2.08. The summed E-state index contributed by atoms with van der Waals surface area (Å²) in [6.45, 7) is 2.42. The summed E-state index contributed by atoms with van der Waals surface area (Å²) in [6.07, 6.45) is -4.65. The van der Waals surface area contributed by atoms with E-state index < -0.39 is 48.4 Å². The average Bonchev–Trinajstić information content (AvgIpc) is 2.79. The molecule has 24 heavy (non-hydrogen) atoms. The Bertz CT molecular complexity index is 877. The highest BCUT2D eigenvalue weighted by molar-refractivity contribution is 5.69. The van der Waals surface area contributed by atoms with Gasteiger partial charge < -0.3 is 20.4 Å². The minimum atomic E-state index is -1.72. The topological polar surface area (TPSA) is 174 Å². The van der Waals surface area contributed by atoms with Gasteiger partial charge in [-0.05, 0) is 6.42 Å². The number of aliphatic hydroxyl groups excluding tert-OH is 4. The Hall–Kier alpha value is -2.21. The first-order valence-corrected chi connectivity index (χ1v) is 7.21. The number of nitrogens with one attached hydrogen (secondary N) is 2. The van der Waals surface area contributed by atoms with Crippen molar-refractivity contribution in [2.24, 2.45) is 0 Å². The van der Waals surface area contributed by atoms with Gasteiger partial charge in [0.2, 0.25) is 0 Å². The summed E-state index contributed by atoms with van der Waals surface area (Å²) in [5.41, 5.74) is -2.51. The Morgan fingerprint density at radius 1 is 1.04 bits per heavy atom. The molecule has 0 aliphatic carbocycles. The van der Waals surface area contributed by atoms with Crippen LogP contribution in [-0.4, -0.2) is 64.4 Å². The van der Waals surface area contributed by atoms with E-state index in [9.17, 15) is 29.7 Å². The molecule has 0 bridgehead atoms.